The van der Waals surface area contributed by atoms with Crippen LogP contribution in [0, 0.1) is 0 Å². The Hall–Kier alpha value is -2.88. The summed E-state index contributed by atoms with van der Waals surface area (Å²) in [5, 5.41) is 4.80. The molecule has 3 aromatic carbocycles. The highest BCUT2D eigenvalue weighted by molar-refractivity contribution is 8.00. The lowest BCUT2D eigenvalue weighted by atomic mass is 10.1. The number of amides is 1. The number of hydrogen-bond acceptors (Lipinski definition) is 6. The van der Waals surface area contributed by atoms with E-state index >= 15 is 0 Å². The number of esters is 1. The van der Waals surface area contributed by atoms with Crippen LogP contribution in [0.25, 0.3) is 10.8 Å². The summed E-state index contributed by atoms with van der Waals surface area (Å²) in [6.45, 7) is 0.568. The zero-order valence-corrected chi connectivity index (χ0v) is 19.5. The zero-order valence-electron chi connectivity index (χ0n) is 17.9. The first kappa shape index (κ1) is 23.3. The summed E-state index contributed by atoms with van der Waals surface area (Å²) in [6.07, 6.45) is 1.69. The van der Waals surface area contributed by atoms with Gasteiger partial charge in [0.05, 0.1) is 10.6 Å². The van der Waals surface area contributed by atoms with E-state index < -0.39 is 28.5 Å². The summed E-state index contributed by atoms with van der Waals surface area (Å²) < 4.78 is 31.9. The standard InChI is InChI=1S/C24H24N2O5S2/c27-23(25-20-8-5-9-22(15-20)33(29,30)26-12-3-4-13-26)16-31-24(28)17-32-21-11-10-18-6-1-2-7-19(18)14-21/h1-2,5-11,14-15H,3-4,12-13,16-17H2,(H,25,27). The average molecular weight is 485 g/mol. The number of hydrogen-bond donors (Lipinski definition) is 1. The van der Waals surface area contributed by atoms with Gasteiger partial charge >= 0.3 is 5.97 Å². The summed E-state index contributed by atoms with van der Waals surface area (Å²) in [5.41, 5.74) is 0.335. The molecule has 1 amide bonds. The van der Waals surface area contributed by atoms with Crippen LogP contribution in [0.1, 0.15) is 12.8 Å². The number of fused-ring (bicyclic) bond motifs is 1. The summed E-state index contributed by atoms with van der Waals surface area (Å²) in [4.78, 5) is 25.3. The fourth-order valence-corrected chi connectivity index (χ4v) is 5.90. The molecule has 4 rings (SSSR count). The van der Waals surface area contributed by atoms with Gasteiger partial charge in [0.25, 0.3) is 5.91 Å². The highest BCUT2D eigenvalue weighted by atomic mass is 32.2. The van der Waals surface area contributed by atoms with Crippen LogP contribution in [-0.4, -0.2) is 50.0 Å². The molecule has 1 fully saturated rings. The molecule has 33 heavy (non-hydrogen) atoms. The van der Waals surface area contributed by atoms with Gasteiger partial charge in [0.15, 0.2) is 6.61 Å². The van der Waals surface area contributed by atoms with Crippen molar-refractivity contribution in [1.29, 1.82) is 0 Å². The van der Waals surface area contributed by atoms with Crippen molar-refractivity contribution in [3.63, 3.8) is 0 Å². The summed E-state index contributed by atoms with van der Waals surface area (Å²) in [5.74, 6) is -0.960. The maximum absolute atomic E-state index is 12.7. The number of carbonyl (C=O) groups is 2. The van der Waals surface area contributed by atoms with Gasteiger partial charge in [0.2, 0.25) is 10.0 Å². The number of nitrogens with zero attached hydrogens (tertiary/aromatic N) is 1. The number of benzene rings is 3. The molecular weight excluding hydrogens is 460 g/mol. The molecule has 0 radical (unpaired) electrons. The molecule has 0 aliphatic carbocycles. The van der Waals surface area contributed by atoms with Gasteiger partial charge in [-0.3, -0.25) is 9.59 Å². The molecule has 0 saturated carbocycles. The molecule has 0 spiro atoms. The largest absolute Gasteiger partial charge is 0.455 e. The highest BCUT2D eigenvalue weighted by Gasteiger charge is 2.27. The number of nitrogens with one attached hydrogen (secondary N) is 1. The Morgan fingerprint density at radius 3 is 2.48 bits per heavy atom. The Bertz CT molecular complexity index is 1270. The van der Waals surface area contributed by atoms with Crippen LogP contribution in [0.4, 0.5) is 5.69 Å². The van der Waals surface area contributed by atoms with Crippen LogP contribution in [0.2, 0.25) is 0 Å². The predicted octanol–water partition coefficient (Wildman–Crippen LogP) is 3.90. The van der Waals surface area contributed by atoms with E-state index in [0.29, 0.717) is 18.8 Å². The van der Waals surface area contributed by atoms with Crippen LogP contribution in [0.5, 0.6) is 0 Å². The molecule has 0 atom stereocenters. The molecule has 9 heteroatoms. The summed E-state index contributed by atoms with van der Waals surface area (Å²) in [7, 11) is -3.58. The number of anilines is 1. The first-order valence-corrected chi connectivity index (χ1v) is 13.0. The van der Waals surface area contributed by atoms with Gasteiger partial charge in [-0.2, -0.15) is 4.31 Å². The van der Waals surface area contributed by atoms with Gasteiger partial charge in [0.1, 0.15) is 0 Å². The zero-order chi connectivity index (χ0) is 23.3. The van der Waals surface area contributed by atoms with Crippen molar-refractivity contribution in [3.05, 3.63) is 66.7 Å². The summed E-state index contributed by atoms with van der Waals surface area (Å²) >= 11 is 1.34. The Balaban J connectivity index is 1.27. The number of rotatable bonds is 8. The highest BCUT2D eigenvalue weighted by Crippen LogP contribution is 2.24. The molecular formula is C24H24N2O5S2. The maximum Gasteiger partial charge on any atom is 0.316 e. The van der Waals surface area contributed by atoms with E-state index in [9.17, 15) is 18.0 Å². The quantitative estimate of drug-likeness (QED) is 0.385. The van der Waals surface area contributed by atoms with Crippen molar-refractivity contribution in [1.82, 2.24) is 4.31 Å². The maximum atomic E-state index is 12.7. The van der Waals surface area contributed by atoms with Crippen LogP contribution in [0.3, 0.4) is 0 Å². The third kappa shape index (κ3) is 5.93. The number of ether oxygens (including phenoxy) is 1. The van der Waals surface area contributed by atoms with Crippen molar-refractivity contribution >= 4 is 50.1 Å². The molecule has 1 aliphatic rings. The van der Waals surface area contributed by atoms with Crippen molar-refractivity contribution in [2.24, 2.45) is 0 Å². The van der Waals surface area contributed by atoms with E-state index in [1.165, 1.54) is 28.2 Å². The Morgan fingerprint density at radius 2 is 1.70 bits per heavy atom. The van der Waals surface area contributed by atoms with Crippen molar-refractivity contribution in [2.45, 2.75) is 22.6 Å². The van der Waals surface area contributed by atoms with E-state index in [1.54, 1.807) is 12.1 Å². The fraction of sp³-hybridized carbons (Fsp3) is 0.250. The van der Waals surface area contributed by atoms with Crippen LogP contribution in [-0.2, 0) is 24.3 Å². The van der Waals surface area contributed by atoms with Gasteiger partial charge in [-0.25, -0.2) is 8.42 Å². The number of sulfonamides is 1. The predicted molar refractivity (Wildman–Crippen MR) is 129 cm³/mol. The van der Waals surface area contributed by atoms with Crippen LogP contribution >= 0.6 is 11.8 Å². The average Bonchev–Trinajstić information content (AvgIpc) is 3.37. The topological polar surface area (TPSA) is 92.8 Å². The number of thioether (sulfide) groups is 1. The minimum Gasteiger partial charge on any atom is -0.455 e. The monoisotopic (exact) mass is 484 g/mol. The molecule has 1 saturated heterocycles. The Labute approximate surface area is 197 Å². The van der Waals surface area contributed by atoms with E-state index in [2.05, 4.69) is 5.32 Å². The van der Waals surface area contributed by atoms with Gasteiger partial charge in [-0.05, 0) is 53.9 Å². The Kier molecular flexibility index (Phi) is 7.32. The molecule has 172 valence electrons. The van der Waals surface area contributed by atoms with Crippen molar-refractivity contribution in [2.75, 3.05) is 30.8 Å². The molecule has 1 N–H and O–H groups in total. The second kappa shape index (κ2) is 10.4. The molecule has 0 bridgehead atoms. The third-order valence-electron chi connectivity index (χ3n) is 5.26. The molecule has 7 nitrogen and oxygen atoms in total. The molecule has 1 heterocycles. The lowest BCUT2D eigenvalue weighted by Gasteiger charge is -2.16. The molecule has 3 aromatic rings. The lowest BCUT2D eigenvalue weighted by Crippen LogP contribution is -2.28. The van der Waals surface area contributed by atoms with Gasteiger partial charge in [0, 0.05) is 23.7 Å². The Morgan fingerprint density at radius 1 is 0.939 bits per heavy atom. The minimum atomic E-state index is -3.58. The first-order chi connectivity index (χ1) is 15.9. The van der Waals surface area contributed by atoms with E-state index in [4.69, 9.17) is 4.74 Å². The molecule has 0 aromatic heterocycles. The smallest absolute Gasteiger partial charge is 0.316 e. The van der Waals surface area contributed by atoms with Gasteiger partial charge in [-0.1, -0.05) is 36.4 Å². The second-order valence-electron chi connectivity index (χ2n) is 7.65. The van der Waals surface area contributed by atoms with Crippen molar-refractivity contribution < 1.29 is 22.7 Å². The van der Waals surface area contributed by atoms with Crippen molar-refractivity contribution in [3.8, 4) is 0 Å². The van der Waals surface area contributed by atoms with Gasteiger partial charge in [-0.15, -0.1) is 11.8 Å². The minimum absolute atomic E-state index is 0.0786. The SMILES string of the molecule is O=C(COC(=O)CSc1ccc2ccccc2c1)Nc1cccc(S(=O)(=O)N2CCCC2)c1. The number of carbonyl (C=O) groups excluding carboxylic acids is 2. The first-order valence-electron chi connectivity index (χ1n) is 10.6. The summed E-state index contributed by atoms with van der Waals surface area (Å²) in [6, 6.07) is 20.0. The van der Waals surface area contributed by atoms with E-state index in [-0.39, 0.29) is 10.6 Å². The van der Waals surface area contributed by atoms with E-state index in [1.807, 2.05) is 42.5 Å². The van der Waals surface area contributed by atoms with Crippen LogP contribution in [0.15, 0.2) is 76.5 Å². The normalized spacial score (nSPS) is 14.3. The molecule has 0 unspecified atom stereocenters. The third-order valence-corrected chi connectivity index (χ3v) is 8.12. The lowest BCUT2D eigenvalue weighted by molar-refractivity contribution is -0.144. The second-order valence-corrected chi connectivity index (χ2v) is 10.6. The van der Waals surface area contributed by atoms with Gasteiger partial charge < -0.3 is 10.1 Å². The van der Waals surface area contributed by atoms with E-state index in [0.717, 1.165) is 28.5 Å². The fourth-order valence-electron chi connectivity index (χ4n) is 3.60. The molecule has 1 aliphatic heterocycles. The van der Waals surface area contributed by atoms with Crippen LogP contribution < -0.4 is 5.32 Å².